The third-order valence-electron chi connectivity index (χ3n) is 3.98. The van der Waals surface area contributed by atoms with Crippen LogP contribution >= 0.6 is 0 Å². The standard InChI is InChI=1S/C18H31NO2/c1-6-18(13-20,19-14(2)3)10-7-11-21-17-12-15(4)8-9-16(17)5/h8-9,12,14,19-20H,6-7,10-11,13H2,1-5H3. The summed E-state index contributed by atoms with van der Waals surface area (Å²) in [6.07, 6.45) is 2.77. The average molecular weight is 293 g/mol. The third kappa shape index (κ3) is 5.68. The van der Waals surface area contributed by atoms with Crippen LogP contribution in [-0.4, -0.2) is 29.9 Å². The lowest BCUT2D eigenvalue weighted by atomic mass is 9.90. The molecule has 0 spiro atoms. The second kappa shape index (κ2) is 8.40. The maximum atomic E-state index is 9.72. The Morgan fingerprint density at radius 1 is 1.29 bits per heavy atom. The first-order chi connectivity index (χ1) is 9.92. The normalized spacial score (nSPS) is 14.2. The molecule has 1 atom stereocenters. The lowest BCUT2D eigenvalue weighted by Crippen LogP contribution is -2.51. The van der Waals surface area contributed by atoms with Gasteiger partial charge in [-0.25, -0.2) is 0 Å². The van der Waals surface area contributed by atoms with Crippen LogP contribution in [0.1, 0.15) is 51.2 Å². The Labute approximate surface area is 129 Å². The van der Waals surface area contributed by atoms with Crippen LogP contribution in [-0.2, 0) is 0 Å². The highest BCUT2D eigenvalue weighted by atomic mass is 16.5. The van der Waals surface area contributed by atoms with Gasteiger partial charge in [-0.3, -0.25) is 0 Å². The van der Waals surface area contributed by atoms with Crippen LogP contribution < -0.4 is 10.1 Å². The summed E-state index contributed by atoms with van der Waals surface area (Å²) in [5.41, 5.74) is 2.21. The summed E-state index contributed by atoms with van der Waals surface area (Å²) in [6, 6.07) is 6.65. The molecule has 0 saturated carbocycles. The van der Waals surface area contributed by atoms with E-state index < -0.39 is 0 Å². The zero-order valence-corrected chi connectivity index (χ0v) is 14.2. The predicted molar refractivity (Wildman–Crippen MR) is 89.0 cm³/mol. The van der Waals surface area contributed by atoms with Gasteiger partial charge in [-0.1, -0.05) is 32.9 Å². The third-order valence-corrected chi connectivity index (χ3v) is 3.98. The fourth-order valence-corrected chi connectivity index (χ4v) is 2.66. The first kappa shape index (κ1) is 18.0. The predicted octanol–water partition coefficient (Wildman–Crippen LogP) is 3.60. The highest BCUT2D eigenvalue weighted by molar-refractivity contribution is 5.35. The van der Waals surface area contributed by atoms with Gasteiger partial charge in [-0.15, -0.1) is 0 Å². The van der Waals surface area contributed by atoms with Crippen molar-refractivity contribution in [1.29, 1.82) is 0 Å². The number of aliphatic hydroxyl groups is 1. The van der Waals surface area contributed by atoms with Crippen molar-refractivity contribution in [1.82, 2.24) is 5.32 Å². The Hall–Kier alpha value is -1.06. The van der Waals surface area contributed by atoms with Gasteiger partial charge in [-0.05, 0) is 50.3 Å². The number of hydrogen-bond acceptors (Lipinski definition) is 3. The maximum Gasteiger partial charge on any atom is 0.122 e. The van der Waals surface area contributed by atoms with Crippen molar-refractivity contribution in [2.45, 2.75) is 65.5 Å². The largest absolute Gasteiger partial charge is 0.493 e. The van der Waals surface area contributed by atoms with Crippen LogP contribution in [0.15, 0.2) is 18.2 Å². The smallest absolute Gasteiger partial charge is 0.122 e. The van der Waals surface area contributed by atoms with Crippen molar-refractivity contribution < 1.29 is 9.84 Å². The monoisotopic (exact) mass is 293 g/mol. The van der Waals surface area contributed by atoms with Gasteiger partial charge in [0.25, 0.3) is 0 Å². The fourth-order valence-electron chi connectivity index (χ4n) is 2.66. The molecule has 2 N–H and O–H groups in total. The summed E-state index contributed by atoms with van der Waals surface area (Å²) in [6.45, 7) is 11.4. The molecule has 21 heavy (non-hydrogen) atoms. The molecule has 120 valence electrons. The van der Waals surface area contributed by atoms with Crippen molar-refractivity contribution in [3.05, 3.63) is 29.3 Å². The summed E-state index contributed by atoms with van der Waals surface area (Å²) in [7, 11) is 0. The minimum atomic E-state index is -0.181. The van der Waals surface area contributed by atoms with Crippen LogP contribution in [0.4, 0.5) is 0 Å². The summed E-state index contributed by atoms with van der Waals surface area (Å²) in [5.74, 6) is 0.970. The SMILES string of the molecule is CCC(CO)(CCCOc1cc(C)ccc1C)NC(C)C. The molecule has 3 nitrogen and oxygen atoms in total. The molecule has 0 aliphatic rings. The first-order valence-electron chi connectivity index (χ1n) is 8.01. The van der Waals surface area contributed by atoms with Gasteiger partial charge < -0.3 is 15.2 Å². The molecule has 1 unspecified atom stereocenters. The number of aryl methyl sites for hydroxylation is 2. The van der Waals surface area contributed by atoms with Crippen LogP contribution in [0.5, 0.6) is 5.75 Å². The van der Waals surface area contributed by atoms with Crippen molar-refractivity contribution in [3.8, 4) is 5.75 Å². The van der Waals surface area contributed by atoms with E-state index in [0.29, 0.717) is 12.6 Å². The molecule has 0 aliphatic carbocycles. The molecule has 0 heterocycles. The molecule has 0 radical (unpaired) electrons. The molecule has 0 bridgehead atoms. The number of aliphatic hydroxyl groups excluding tert-OH is 1. The van der Waals surface area contributed by atoms with E-state index in [4.69, 9.17) is 4.74 Å². The highest BCUT2D eigenvalue weighted by Crippen LogP contribution is 2.21. The van der Waals surface area contributed by atoms with E-state index in [2.05, 4.69) is 58.1 Å². The molecule has 0 fully saturated rings. The average Bonchev–Trinajstić information content (AvgIpc) is 2.45. The van der Waals surface area contributed by atoms with E-state index in [-0.39, 0.29) is 12.1 Å². The topological polar surface area (TPSA) is 41.5 Å². The Kier molecular flexibility index (Phi) is 7.20. The molecule has 1 aromatic rings. The number of hydrogen-bond donors (Lipinski definition) is 2. The number of nitrogens with one attached hydrogen (secondary N) is 1. The van der Waals surface area contributed by atoms with Crippen LogP contribution in [0.2, 0.25) is 0 Å². The van der Waals surface area contributed by atoms with E-state index in [0.717, 1.165) is 25.0 Å². The second-order valence-electron chi connectivity index (χ2n) is 6.31. The summed E-state index contributed by atoms with van der Waals surface area (Å²) >= 11 is 0. The number of ether oxygens (including phenoxy) is 1. The van der Waals surface area contributed by atoms with Gasteiger partial charge >= 0.3 is 0 Å². The van der Waals surface area contributed by atoms with E-state index in [1.807, 2.05) is 0 Å². The van der Waals surface area contributed by atoms with Crippen LogP contribution in [0, 0.1) is 13.8 Å². The summed E-state index contributed by atoms with van der Waals surface area (Å²) < 4.78 is 5.90. The quantitative estimate of drug-likeness (QED) is 0.684. The van der Waals surface area contributed by atoms with E-state index in [9.17, 15) is 5.11 Å². The summed E-state index contributed by atoms with van der Waals surface area (Å²) in [5, 5.41) is 13.2. The number of rotatable bonds is 9. The molecule has 3 heteroatoms. The molecule has 0 saturated heterocycles. The van der Waals surface area contributed by atoms with Gasteiger partial charge in [0.2, 0.25) is 0 Å². The Balaban J connectivity index is 2.49. The molecular weight excluding hydrogens is 262 g/mol. The van der Waals surface area contributed by atoms with Crippen molar-refractivity contribution in [3.63, 3.8) is 0 Å². The van der Waals surface area contributed by atoms with Gasteiger partial charge in [0, 0.05) is 11.6 Å². The zero-order valence-electron chi connectivity index (χ0n) is 14.2. The van der Waals surface area contributed by atoms with E-state index in [1.165, 1.54) is 11.1 Å². The summed E-state index contributed by atoms with van der Waals surface area (Å²) in [4.78, 5) is 0. The van der Waals surface area contributed by atoms with Gasteiger partial charge in [0.05, 0.1) is 13.2 Å². The lowest BCUT2D eigenvalue weighted by molar-refractivity contribution is 0.129. The van der Waals surface area contributed by atoms with Crippen LogP contribution in [0.25, 0.3) is 0 Å². The Morgan fingerprint density at radius 2 is 2.00 bits per heavy atom. The van der Waals surface area contributed by atoms with Crippen molar-refractivity contribution >= 4 is 0 Å². The molecule has 0 aromatic heterocycles. The minimum absolute atomic E-state index is 0.172. The minimum Gasteiger partial charge on any atom is -0.493 e. The highest BCUT2D eigenvalue weighted by Gasteiger charge is 2.27. The van der Waals surface area contributed by atoms with Gasteiger partial charge in [-0.2, -0.15) is 0 Å². The van der Waals surface area contributed by atoms with E-state index >= 15 is 0 Å². The van der Waals surface area contributed by atoms with Crippen LogP contribution in [0.3, 0.4) is 0 Å². The molecule has 1 aromatic carbocycles. The van der Waals surface area contributed by atoms with Crippen molar-refractivity contribution in [2.24, 2.45) is 0 Å². The van der Waals surface area contributed by atoms with E-state index in [1.54, 1.807) is 0 Å². The fraction of sp³-hybridized carbons (Fsp3) is 0.667. The molecule has 0 amide bonds. The lowest BCUT2D eigenvalue weighted by Gasteiger charge is -2.34. The second-order valence-corrected chi connectivity index (χ2v) is 6.31. The van der Waals surface area contributed by atoms with Crippen molar-refractivity contribution in [2.75, 3.05) is 13.2 Å². The first-order valence-corrected chi connectivity index (χ1v) is 8.01. The number of benzene rings is 1. The Morgan fingerprint density at radius 3 is 2.57 bits per heavy atom. The molecular formula is C18H31NO2. The van der Waals surface area contributed by atoms with Gasteiger partial charge in [0.1, 0.15) is 5.75 Å². The molecule has 1 rings (SSSR count). The Bertz CT molecular complexity index is 425. The van der Waals surface area contributed by atoms with Gasteiger partial charge in [0.15, 0.2) is 0 Å². The maximum absolute atomic E-state index is 9.72. The molecule has 0 aliphatic heterocycles. The zero-order chi connectivity index (χ0) is 15.9.